The van der Waals surface area contributed by atoms with Gasteiger partial charge in [0.1, 0.15) is 11.5 Å². The van der Waals surface area contributed by atoms with Crippen LogP contribution in [0.1, 0.15) is 29.6 Å². The number of carbonyl (C=O) groups excluding carboxylic acids is 2. The van der Waals surface area contributed by atoms with E-state index in [1.54, 1.807) is 30.3 Å². The SMILES string of the molecule is O=C(CCCC(=O)c1ccc(F)cc1)Nc1cc(-c2ccc(Cl)cc2)no1. The quantitative estimate of drug-likeness (QED) is 0.571. The number of ketones is 1. The minimum Gasteiger partial charge on any atom is -0.338 e. The van der Waals surface area contributed by atoms with Crippen molar-refractivity contribution in [1.82, 2.24) is 5.16 Å². The van der Waals surface area contributed by atoms with E-state index < -0.39 is 5.82 Å². The molecular weight excluding hydrogens is 371 g/mol. The van der Waals surface area contributed by atoms with Crippen LogP contribution in [-0.2, 0) is 4.79 Å². The Hall–Kier alpha value is -2.99. The summed E-state index contributed by atoms with van der Waals surface area (Å²) in [5, 5.41) is 7.13. The van der Waals surface area contributed by atoms with Gasteiger partial charge in [0.15, 0.2) is 5.78 Å². The molecule has 1 aromatic heterocycles. The number of hydrogen-bond acceptors (Lipinski definition) is 4. The number of nitrogens with zero attached hydrogens (tertiary/aromatic N) is 1. The Bertz CT molecular complexity index is 937. The predicted molar refractivity (Wildman–Crippen MR) is 100 cm³/mol. The van der Waals surface area contributed by atoms with Gasteiger partial charge in [0.25, 0.3) is 0 Å². The fraction of sp³-hybridized carbons (Fsp3) is 0.150. The Labute approximate surface area is 160 Å². The zero-order valence-corrected chi connectivity index (χ0v) is 15.0. The first kappa shape index (κ1) is 18.8. The van der Waals surface area contributed by atoms with Crippen LogP contribution in [0, 0.1) is 5.82 Å². The van der Waals surface area contributed by atoms with Crippen LogP contribution in [0.3, 0.4) is 0 Å². The maximum atomic E-state index is 12.9. The van der Waals surface area contributed by atoms with Crippen molar-refractivity contribution in [3.8, 4) is 11.3 Å². The van der Waals surface area contributed by atoms with Crippen LogP contribution in [0.4, 0.5) is 10.3 Å². The summed E-state index contributed by atoms with van der Waals surface area (Å²) in [6.07, 6.45) is 0.732. The first-order valence-corrected chi connectivity index (χ1v) is 8.70. The van der Waals surface area contributed by atoms with Gasteiger partial charge < -0.3 is 4.52 Å². The van der Waals surface area contributed by atoms with Crippen LogP contribution in [0.25, 0.3) is 11.3 Å². The number of amides is 1. The number of Topliss-reactive ketones (excluding diaryl/α,β-unsaturated/α-hetero) is 1. The molecule has 0 aliphatic carbocycles. The van der Waals surface area contributed by atoms with Gasteiger partial charge in [-0.1, -0.05) is 28.9 Å². The first-order valence-electron chi connectivity index (χ1n) is 8.32. The van der Waals surface area contributed by atoms with Gasteiger partial charge in [-0.05, 0) is 42.8 Å². The van der Waals surface area contributed by atoms with E-state index in [9.17, 15) is 14.0 Å². The number of benzene rings is 2. The van der Waals surface area contributed by atoms with Gasteiger partial charge in [0.05, 0.1) is 0 Å². The van der Waals surface area contributed by atoms with E-state index in [0.717, 1.165) is 5.56 Å². The third kappa shape index (κ3) is 5.24. The second kappa shape index (κ2) is 8.60. The molecule has 3 rings (SSSR count). The molecule has 138 valence electrons. The van der Waals surface area contributed by atoms with E-state index in [4.69, 9.17) is 16.1 Å². The molecule has 0 spiro atoms. The molecule has 27 heavy (non-hydrogen) atoms. The van der Waals surface area contributed by atoms with Crippen molar-refractivity contribution >= 4 is 29.2 Å². The highest BCUT2D eigenvalue weighted by Gasteiger charge is 2.11. The summed E-state index contributed by atoms with van der Waals surface area (Å²) in [6.45, 7) is 0. The molecule has 2 aromatic carbocycles. The van der Waals surface area contributed by atoms with Crippen LogP contribution < -0.4 is 5.32 Å². The highest BCUT2D eigenvalue weighted by molar-refractivity contribution is 6.30. The van der Waals surface area contributed by atoms with Crippen LogP contribution >= 0.6 is 11.6 Å². The second-order valence-corrected chi connectivity index (χ2v) is 6.35. The van der Waals surface area contributed by atoms with Gasteiger partial charge in [-0.25, -0.2) is 4.39 Å². The number of nitrogens with one attached hydrogen (secondary N) is 1. The molecule has 1 heterocycles. The molecule has 0 bridgehead atoms. The number of rotatable bonds is 7. The molecule has 7 heteroatoms. The van der Waals surface area contributed by atoms with E-state index in [1.165, 1.54) is 24.3 Å². The summed E-state index contributed by atoms with van der Waals surface area (Å²) >= 11 is 5.85. The van der Waals surface area contributed by atoms with Gasteiger partial charge in [-0.2, -0.15) is 0 Å². The Balaban J connectivity index is 1.47. The lowest BCUT2D eigenvalue weighted by atomic mass is 10.1. The standard InChI is InChI=1S/C20H16ClFN2O3/c21-15-8-4-13(5-9-15)17-12-20(27-24-17)23-19(26)3-1-2-18(25)14-6-10-16(22)11-7-14/h4-12H,1-3H2,(H,23,26). The Morgan fingerprint density at radius 3 is 2.44 bits per heavy atom. The average Bonchev–Trinajstić information content (AvgIpc) is 3.11. The molecule has 1 amide bonds. The molecule has 1 N–H and O–H groups in total. The van der Waals surface area contributed by atoms with Crippen LogP contribution in [0.2, 0.25) is 5.02 Å². The number of aromatic nitrogens is 1. The molecule has 0 saturated carbocycles. The third-order valence-corrected chi connectivity index (χ3v) is 4.14. The van der Waals surface area contributed by atoms with Crippen molar-refractivity contribution in [2.75, 3.05) is 5.32 Å². The van der Waals surface area contributed by atoms with Gasteiger partial charge in [-0.3, -0.25) is 14.9 Å². The zero-order valence-electron chi connectivity index (χ0n) is 14.2. The fourth-order valence-electron chi connectivity index (χ4n) is 2.48. The normalized spacial score (nSPS) is 10.6. The Kier molecular flexibility index (Phi) is 5.98. The van der Waals surface area contributed by atoms with Crippen molar-refractivity contribution in [3.05, 3.63) is 71.0 Å². The summed E-state index contributed by atoms with van der Waals surface area (Å²) in [5.41, 5.74) is 1.82. The topological polar surface area (TPSA) is 72.2 Å². The van der Waals surface area contributed by atoms with Gasteiger partial charge in [0.2, 0.25) is 11.8 Å². The monoisotopic (exact) mass is 386 g/mol. The van der Waals surface area contributed by atoms with E-state index in [0.29, 0.717) is 22.7 Å². The lowest BCUT2D eigenvalue weighted by Gasteiger charge is -2.02. The number of anilines is 1. The Morgan fingerprint density at radius 1 is 1.04 bits per heavy atom. The molecule has 0 radical (unpaired) electrons. The van der Waals surface area contributed by atoms with Crippen LogP contribution in [-0.4, -0.2) is 16.8 Å². The van der Waals surface area contributed by atoms with Gasteiger partial charge >= 0.3 is 0 Å². The van der Waals surface area contributed by atoms with Crippen molar-refractivity contribution < 1.29 is 18.5 Å². The molecule has 0 fully saturated rings. The Morgan fingerprint density at radius 2 is 1.74 bits per heavy atom. The molecule has 0 unspecified atom stereocenters. The third-order valence-electron chi connectivity index (χ3n) is 3.89. The first-order chi connectivity index (χ1) is 13.0. The van der Waals surface area contributed by atoms with Gasteiger partial charge in [-0.15, -0.1) is 0 Å². The lowest BCUT2D eigenvalue weighted by Crippen LogP contribution is -2.11. The van der Waals surface area contributed by atoms with Crippen molar-refractivity contribution in [1.29, 1.82) is 0 Å². The molecular formula is C20H16ClFN2O3. The van der Waals surface area contributed by atoms with Crippen LogP contribution in [0.5, 0.6) is 0 Å². The van der Waals surface area contributed by atoms with E-state index in [-0.39, 0.29) is 30.4 Å². The maximum Gasteiger partial charge on any atom is 0.231 e. The van der Waals surface area contributed by atoms with E-state index >= 15 is 0 Å². The highest BCUT2D eigenvalue weighted by atomic mass is 35.5. The van der Waals surface area contributed by atoms with Crippen molar-refractivity contribution in [2.24, 2.45) is 0 Å². The number of carbonyl (C=O) groups is 2. The fourth-order valence-corrected chi connectivity index (χ4v) is 2.61. The lowest BCUT2D eigenvalue weighted by molar-refractivity contribution is -0.116. The number of halogens is 2. The maximum absolute atomic E-state index is 12.9. The van der Waals surface area contributed by atoms with Gasteiger partial charge in [0, 0.05) is 35.1 Å². The molecule has 3 aromatic rings. The molecule has 0 atom stereocenters. The summed E-state index contributed by atoms with van der Waals surface area (Å²) in [4.78, 5) is 24.0. The average molecular weight is 387 g/mol. The summed E-state index contributed by atoms with van der Waals surface area (Å²) < 4.78 is 18.0. The van der Waals surface area contributed by atoms with E-state index in [1.807, 2.05) is 0 Å². The molecule has 0 aliphatic heterocycles. The molecule has 0 aliphatic rings. The zero-order chi connectivity index (χ0) is 19.2. The van der Waals surface area contributed by atoms with Crippen LogP contribution in [0.15, 0.2) is 59.1 Å². The van der Waals surface area contributed by atoms with E-state index in [2.05, 4.69) is 10.5 Å². The highest BCUT2D eigenvalue weighted by Crippen LogP contribution is 2.23. The largest absolute Gasteiger partial charge is 0.338 e. The predicted octanol–water partition coefficient (Wildman–Crippen LogP) is 5.13. The summed E-state index contributed by atoms with van der Waals surface area (Å²) in [5.74, 6) is -0.570. The summed E-state index contributed by atoms with van der Waals surface area (Å²) in [7, 11) is 0. The summed E-state index contributed by atoms with van der Waals surface area (Å²) in [6, 6.07) is 14.0. The van der Waals surface area contributed by atoms with Crippen molar-refractivity contribution in [3.63, 3.8) is 0 Å². The minimum atomic E-state index is -0.393. The van der Waals surface area contributed by atoms with Crippen molar-refractivity contribution in [2.45, 2.75) is 19.3 Å². The smallest absolute Gasteiger partial charge is 0.231 e. The molecule has 5 nitrogen and oxygen atoms in total. The number of hydrogen-bond donors (Lipinski definition) is 1. The second-order valence-electron chi connectivity index (χ2n) is 5.92. The minimum absolute atomic E-state index is 0.132. The molecule has 0 saturated heterocycles.